The molecule has 2 N–H and O–H groups in total. The third-order valence-electron chi connectivity index (χ3n) is 2.44. The Kier molecular flexibility index (Phi) is 5.04. The van der Waals surface area contributed by atoms with E-state index < -0.39 is 12.1 Å². The number of amides is 2. The maximum atomic E-state index is 11.6. The molecule has 0 aromatic rings. The van der Waals surface area contributed by atoms with E-state index >= 15 is 0 Å². The number of carboxylic acid groups (broad SMARTS) is 1. The van der Waals surface area contributed by atoms with Gasteiger partial charge in [-0.05, 0) is 6.42 Å². The first-order valence-corrected chi connectivity index (χ1v) is 5.52. The van der Waals surface area contributed by atoms with Crippen molar-refractivity contribution in [1.82, 2.24) is 10.2 Å². The van der Waals surface area contributed by atoms with Crippen LogP contribution in [0, 0.1) is 0 Å². The average molecular weight is 230 g/mol. The molecule has 92 valence electrons. The average Bonchev–Trinajstić information content (AvgIpc) is 2.29. The first-order valence-electron chi connectivity index (χ1n) is 5.52. The van der Waals surface area contributed by atoms with E-state index in [9.17, 15) is 9.59 Å². The molecule has 0 aromatic carbocycles. The van der Waals surface area contributed by atoms with E-state index in [2.05, 4.69) is 5.32 Å². The predicted octanol–water partition coefficient (Wildman–Crippen LogP) is 0.281. The van der Waals surface area contributed by atoms with Crippen molar-refractivity contribution < 1.29 is 19.4 Å². The van der Waals surface area contributed by atoms with Crippen LogP contribution in [0.3, 0.4) is 0 Å². The maximum Gasteiger partial charge on any atom is 0.334 e. The van der Waals surface area contributed by atoms with Crippen LogP contribution in [0.2, 0.25) is 0 Å². The van der Waals surface area contributed by atoms with Gasteiger partial charge in [0.2, 0.25) is 0 Å². The lowest BCUT2D eigenvalue weighted by atomic mass is 10.3. The summed E-state index contributed by atoms with van der Waals surface area (Å²) in [7, 11) is 0. The van der Waals surface area contributed by atoms with Gasteiger partial charge in [-0.2, -0.15) is 0 Å². The van der Waals surface area contributed by atoms with Gasteiger partial charge in [-0.25, -0.2) is 9.59 Å². The number of nitrogens with one attached hydrogen (secondary N) is 1. The number of hydrogen-bond acceptors (Lipinski definition) is 3. The van der Waals surface area contributed by atoms with Gasteiger partial charge in [0.05, 0.1) is 13.2 Å². The zero-order valence-corrected chi connectivity index (χ0v) is 9.44. The van der Waals surface area contributed by atoms with Gasteiger partial charge in [0.1, 0.15) is 0 Å². The van der Waals surface area contributed by atoms with Crippen molar-refractivity contribution in [2.45, 2.75) is 25.9 Å². The van der Waals surface area contributed by atoms with E-state index in [1.807, 2.05) is 6.92 Å². The summed E-state index contributed by atoms with van der Waals surface area (Å²) in [5, 5.41) is 11.5. The predicted molar refractivity (Wildman–Crippen MR) is 57.3 cm³/mol. The number of carbonyl (C=O) groups is 2. The van der Waals surface area contributed by atoms with Crippen molar-refractivity contribution in [1.29, 1.82) is 0 Å². The molecule has 0 bridgehead atoms. The van der Waals surface area contributed by atoms with Gasteiger partial charge in [-0.3, -0.25) is 0 Å². The van der Waals surface area contributed by atoms with Crippen LogP contribution in [0.5, 0.6) is 0 Å². The fraction of sp³-hybridized carbons (Fsp3) is 0.800. The molecule has 6 nitrogen and oxygen atoms in total. The lowest BCUT2D eigenvalue weighted by molar-refractivity contribution is -0.154. The topological polar surface area (TPSA) is 78.9 Å². The third-order valence-corrected chi connectivity index (χ3v) is 2.44. The second-order valence-electron chi connectivity index (χ2n) is 3.73. The molecule has 1 rings (SSSR count). The Hall–Kier alpha value is -1.30. The number of aliphatic carboxylic acids is 1. The Bertz CT molecular complexity index is 257. The van der Waals surface area contributed by atoms with Gasteiger partial charge in [0.25, 0.3) is 0 Å². The quantitative estimate of drug-likeness (QED) is 0.680. The minimum Gasteiger partial charge on any atom is -0.479 e. The van der Waals surface area contributed by atoms with E-state index in [-0.39, 0.29) is 19.2 Å². The van der Waals surface area contributed by atoms with Gasteiger partial charge in [-0.15, -0.1) is 0 Å². The number of morpholine rings is 1. The van der Waals surface area contributed by atoms with Crippen molar-refractivity contribution in [2.75, 3.05) is 26.2 Å². The summed E-state index contributed by atoms with van der Waals surface area (Å²) in [6.07, 6.45) is 1.05. The SMILES string of the molecule is CCCCNC(=O)N1CCOC(C(=O)O)C1. The number of nitrogens with zero attached hydrogens (tertiary/aromatic N) is 1. The van der Waals surface area contributed by atoms with E-state index in [0.29, 0.717) is 13.1 Å². The molecule has 1 fully saturated rings. The highest BCUT2D eigenvalue weighted by molar-refractivity contribution is 5.77. The molecule has 6 heteroatoms. The summed E-state index contributed by atoms with van der Waals surface area (Å²) >= 11 is 0. The minimum atomic E-state index is -1.02. The van der Waals surface area contributed by atoms with Crippen LogP contribution < -0.4 is 5.32 Å². The van der Waals surface area contributed by atoms with Crippen LogP contribution >= 0.6 is 0 Å². The number of carboxylic acids is 1. The van der Waals surface area contributed by atoms with Gasteiger partial charge in [0.15, 0.2) is 6.10 Å². The Morgan fingerprint density at radius 2 is 2.31 bits per heavy atom. The number of hydrogen-bond donors (Lipinski definition) is 2. The molecule has 1 atom stereocenters. The summed E-state index contributed by atoms with van der Waals surface area (Å²) < 4.78 is 5.02. The van der Waals surface area contributed by atoms with E-state index in [1.165, 1.54) is 4.90 Å². The number of unbranched alkanes of at least 4 members (excludes halogenated alkanes) is 1. The minimum absolute atomic E-state index is 0.118. The molecule has 1 unspecified atom stereocenters. The van der Waals surface area contributed by atoms with Crippen LogP contribution in [0.25, 0.3) is 0 Å². The van der Waals surface area contributed by atoms with Gasteiger partial charge in [-0.1, -0.05) is 13.3 Å². The molecule has 0 saturated carbocycles. The van der Waals surface area contributed by atoms with Crippen LogP contribution in [-0.2, 0) is 9.53 Å². The van der Waals surface area contributed by atoms with E-state index in [1.54, 1.807) is 0 Å². The van der Waals surface area contributed by atoms with Crippen LogP contribution in [-0.4, -0.2) is 54.4 Å². The molecule has 16 heavy (non-hydrogen) atoms. The second-order valence-corrected chi connectivity index (χ2v) is 3.73. The normalized spacial score (nSPS) is 20.6. The van der Waals surface area contributed by atoms with Crippen molar-refractivity contribution in [3.05, 3.63) is 0 Å². The standard InChI is InChI=1S/C10H18N2O4/c1-2-3-4-11-10(15)12-5-6-16-8(7-12)9(13)14/h8H,2-7H2,1H3,(H,11,15)(H,13,14). The summed E-state index contributed by atoms with van der Waals surface area (Å²) in [5.41, 5.74) is 0. The Morgan fingerprint density at radius 1 is 1.56 bits per heavy atom. The van der Waals surface area contributed by atoms with Gasteiger partial charge >= 0.3 is 12.0 Å². The van der Waals surface area contributed by atoms with Crippen LogP contribution in [0.1, 0.15) is 19.8 Å². The van der Waals surface area contributed by atoms with Crippen molar-refractivity contribution in [3.8, 4) is 0 Å². The fourth-order valence-electron chi connectivity index (χ4n) is 1.47. The lowest BCUT2D eigenvalue weighted by Crippen LogP contribution is -2.51. The van der Waals surface area contributed by atoms with Crippen molar-refractivity contribution >= 4 is 12.0 Å². The summed E-state index contributed by atoms with van der Waals surface area (Å²) in [6.45, 7) is 3.51. The number of ether oxygens (including phenoxy) is 1. The Balaban J connectivity index is 2.35. The maximum absolute atomic E-state index is 11.6. The van der Waals surface area contributed by atoms with E-state index in [4.69, 9.17) is 9.84 Å². The molecular formula is C10H18N2O4. The van der Waals surface area contributed by atoms with E-state index in [0.717, 1.165) is 12.8 Å². The molecule has 0 aliphatic carbocycles. The molecule has 0 spiro atoms. The number of carbonyl (C=O) groups excluding carboxylic acids is 1. The molecular weight excluding hydrogens is 212 g/mol. The Morgan fingerprint density at radius 3 is 2.94 bits per heavy atom. The zero-order valence-electron chi connectivity index (χ0n) is 9.44. The fourth-order valence-corrected chi connectivity index (χ4v) is 1.47. The first-order chi connectivity index (χ1) is 7.65. The second kappa shape index (κ2) is 6.32. The van der Waals surface area contributed by atoms with Gasteiger partial charge < -0.3 is 20.1 Å². The molecule has 1 saturated heterocycles. The molecule has 0 aromatic heterocycles. The summed E-state index contributed by atoms with van der Waals surface area (Å²) in [6, 6.07) is -0.206. The molecule has 1 aliphatic heterocycles. The monoisotopic (exact) mass is 230 g/mol. The molecule has 1 heterocycles. The van der Waals surface area contributed by atoms with Crippen LogP contribution in [0.4, 0.5) is 4.79 Å². The van der Waals surface area contributed by atoms with Crippen molar-refractivity contribution in [3.63, 3.8) is 0 Å². The lowest BCUT2D eigenvalue weighted by Gasteiger charge is -2.30. The highest BCUT2D eigenvalue weighted by atomic mass is 16.5. The largest absolute Gasteiger partial charge is 0.479 e. The van der Waals surface area contributed by atoms with Crippen molar-refractivity contribution in [2.24, 2.45) is 0 Å². The number of urea groups is 1. The summed E-state index contributed by atoms with van der Waals surface area (Å²) in [4.78, 5) is 23.8. The molecule has 2 amide bonds. The summed E-state index contributed by atoms with van der Waals surface area (Å²) in [5.74, 6) is -1.02. The smallest absolute Gasteiger partial charge is 0.334 e. The third kappa shape index (κ3) is 3.69. The first kappa shape index (κ1) is 12.8. The highest BCUT2D eigenvalue weighted by Gasteiger charge is 2.28. The Labute approximate surface area is 94.6 Å². The molecule has 0 radical (unpaired) electrons. The number of rotatable bonds is 4. The zero-order chi connectivity index (χ0) is 12.0. The van der Waals surface area contributed by atoms with Gasteiger partial charge in [0, 0.05) is 13.1 Å². The highest BCUT2D eigenvalue weighted by Crippen LogP contribution is 2.05. The van der Waals surface area contributed by atoms with Crippen LogP contribution in [0.15, 0.2) is 0 Å². The molecule has 1 aliphatic rings.